The van der Waals surface area contributed by atoms with E-state index in [9.17, 15) is 4.79 Å². The van der Waals surface area contributed by atoms with E-state index in [4.69, 9.17) is 0 Å². The molecule has 0 radical (unpaired) electrons. The largest absolute Gasteiger partial charge is 0.349 e. The molecule has 3 heteroatoms. The molecule has 0 aliphatic heterocycles. The van der Waals surface area contributed by atoms with Gasteiger partial charge in [0, 0.05) is 16.5 Å². The SMILES string of the molecule is CSc1cc(C)c(C(=O)NC(C)C(C)(C)C)c(C)c1. The fourth-order valence-corrected chi connectivity index (χ4v) is 2.47. The topological polar surface area (TPSA) is 29.1 Å². The van der Waals surface area contributed by atoms with Gasteiger partial charge in [-0.05, 0) is 55.7 Å². The molecule has 19 heavy (non-hydrogen) atoms. The van der Waals surface area contributed by atoms with Crippen LogP contribution in [0.25, 0.3) is 0 Å². The summed E-state index contributed by atoms with van der Waals surface area (Å²) in [5.74, 6) is 0.0325. The second-order valence-corrected chi connectivity index (χ2v) is 7.08. The molecule has 0 heterocycles. The molecule has 1 rings (SSSR count). The molecule has 0 spiro atoms. The number of rotatable bonds is 3. The van der Waals surface area contributed by atoms with Crippen molar-refractivity contribution in [1.82, 2.24) is 5.32 Å². The molecule has 0 aliphatic rings. The minimum atomic E-state index is 0.0325. The van der Waals surface area contributed by atoms with E-state index in [2.05, 4.69) is 51.4 Å². The fourth-order valence-electron chi connectivity index (χ4n) is 1.89. The van der Waals surface area contributed by atoms with Gasteiger partial charge in [-0.1, -0.05) is 20.8 Å². The van der Waals surface area contributed by atoms with Crippen molar-refractivity contribution in [1.29, 1.82) is 0 Å². The minimum Gasteiger partial charge on any atom is -0.349 e. The summed E-state index contributed by atoms with van der Waals surface area (Å²) in [7, 11) is 0. The van der Waals surface area contributed by atoms with Crippen molar-refractivity contribution < 1.29 is 4.79 Å². The van der Waals surface area contributed by atoms with E-state index in [1.807, 2.05) is 13.8 Å². The highest BCUT2D eigenvalue weighted by Gasteiger charge is 2.23. The predicted molar refractivity (Wildman–Crippen MR) is 84.1 cm³/mol. The zero-order valence-electron chi connectivity index (χ0n) is 13.0. The lowest BCUT2D eigenvalue weighted by Gasteiger charge is -2.28. The Balaban J connectivity index is 3.01. The molecule has 0 aromatic heterocycles. The van der Waals surface area contributed by atoms with Gasteiger partial charge in [0.1, 0.15) is 0 Å². The van der Waals surface area contributed by atoms with E-state index < -0.39 is 0 Å². The van der Waals surface area contributed by atoms with Crippen molar-refractivity contribution in [3.05, 3.63) is 28.8 Å². The lowest BCUT2D eigenvalue weighted by molar-refractivity contribution is 0.0909. The first-order chi connectivity index (χ1) is 8.66. The molecule has 0 saturated carbocycles. The van der Waals surface area contributed by atoms with Crippen LogP contribution in [0.2, 0.25) is 0 Å². The van der Waals surface area contributed by atoms with Gasteiger partial charge in [-0.25, -0.2) is 0 Å². The Hall–Kier alpha value is -0.960. The number of benzene rings is 1. The number of aryl methyl sites for hydroxylation is 2. The van der Waals surface area contributed by atoms with E-state index in [0.717, 1.165) is 16.7 Å². The molecule has 0 aliphatic carbocycles. The van der Waals surface area contributed by atoms with Crippen LogP contribution in [-0.2, 0) is 0 Å². The molecule has 106 valence electrons. The van der Waals surface area contributed by atoms with Gasteiger partial charge in [-0.2, -0.15) is 0 Å². The number of hydrogen-bond donors (Lipinski definition) is 1. The molecule has 1 aromatic rings. The highest BCUT2D eigenvalue weighted by Crippen LogP contribution is 2.24. The van der Waals surface area contributed by atoms with E-state index in [1.165, 1.54) is 4.90 Å². The summed E-state index contributed by atoms with van der Waals surface area (Å²) < 4.78 is 0. The van der Waals surface area contributed by atoms with Crippen molar-refractivity contribution in [2.24, 2.45) is 5.41 Å². The first-order valence-corrected chi connectivity index (χ1v) is 7.85. The number of carbonyl (C=O) groups excluding carboxylic acids is 1. The van der Waals surface area contributed by atoms with Crippen LogP contribution in [0.15, 0.2) is 17.0 Å². The number of nitrogens with one attached hydrogen (secondary N) is 1. The normalized spacial score (nSPS) is 13.2. The van der Waals surface area contributed by atoms with Crippen molar-refractivity contribution in [2.75, 3.05) is 6.26 Å². The second-order valence-electron chi connectivity index (χ2n) is 6.20. The first kappa shape index (κ1) is 16.1. The van der Waals surface area contributed by atoms with E-state index in [-0.39, 0.29) is 17.4 Å². The van der Waals surface area contributed by atoms with Gasteiger partial charge in [0.15, 0.2) is 0 Å². The molecule has 0 saturated heterocycles. The molecule has 0 fully saturated rings. The van der Waals surface area contributed by atoms with Gasteiger partial charge in [0.05, 0.1) is 0 Å². The zero-order valence-corrected chi connectivity index (χ0v) is 13.9. The summed E-state index contributed by atoms with van der Waals surface area (Å²) in [6, 6.07) is 4.29. The summed E-state index contributed by atoms with van der Waals surface area (Å²) >= 11 is 1.70. The third kappa shape index (κ3) is 4.00. The Morgan fingerprint density at radius 3 is 2.05 bits per heavy atom. The molecule has 1 atom stereocenters. The maximum Gasteiger partial charge on any atom is 0.252 e. The molecular weight excluding hydrogens is 254 g/mol. The summed E-state index contributed by atoms with van der Waals surface area (Å²) in [6.07, 6.45) is 2.05. The summed E-state index contributed by atoms with van der Waals surface area (Å²) in [4.78, 5) is 13.6. The molecule has 1 amide bonds. The lowest BCUT2D eigenvalue weighted by Crippen LogP contribution is -2.41. The maximum atomic E-state index is 12.4. The summed E-state index contributed by atoms with van der Waals surface area (Å²) in [5, 5.41) is 3.11. The van der Waals surface area contributed by atoms with Gasteiger partial charge < -0.3 is 5.32 Å². The maximum absolute atomic E-state index is 12.4. The third-order valence-corrected chi connectivity index (χ3v) is 4.32. The van der Waals surface area contributed by atoms with Crippen LogP contribution < -0.4 is 5.32 Å². The van der Waals surface area contributed by atoms with Gasteiger partial charge in [0.2, 0.25) is 0 Å². The Labute approximate surface area is 121 Å². The third-order valence-electron chi connectivity index (χ3n) is 3.62. The molecule has 1 aromatic carbocycles. The summed E-state index contributed by atoms with van der Waals surface area (Å²) in [5.41, 5.74) is 2.97. The molecule has 0 bridgehead atoms. The first-order valence-electron chi connectivity index (χ1n) is 6.63. The Kier molecular flexibility index (Phi) is 5.08. The van der Waals surface area contributed by atoms with Gasteiger partial charge in [0.25, 0.3) is 5.91 Å². The Bertz CT molecular complexity index is 451. The van der Waals surface area contributed by atoms with Crippen LogP contribution in [0, 0.1) is 19.3 Å². The van der Waals surface area contributed by atoms with Crippen LogP contribution in [0.4, 0.5) is 0 Å². The van der Waals surface area contributed by atoms with Crippen molar-refractivity contribution >= 4 is 17.7 Å². The zero-order chi connectivity index (χ0) is 14.8. The average molecular weight is 279 g/mol. The van der Waals surface area contributed by atoms with Crippen LogP contribution in [0.3, 0.4) is 0 Å². The predicted octanol–water partition coefficient (Wildman–Crippen LogP) is 4.19. The quantitative estimate of drug-likeness (QED) is 0.841. The Morgan fingerprint density at radius 1 is 1.21 bits per heavy atom. The lowest BCUT2D eigenvalue weighted by atomic mass is 9.87. The van der Waals surface area contributed by atoms with E-state index in [0.29, 0.717) is 0 Å². The number of hydrogen-bond acceptors (Lipinski definition) is 2. The highest BCUT2D eigenvalue weighted by molar-refractivity contribution is 7.98. The van der Waals surface area contributed by atoms with Gasteiger partial charge >= 0.3 is 0 Å². The van der Waals surface area contributed by atoms with Crippen molar-refractivity contribution in [2.45, 2.75) is 52.5 Å². The van der Waals surface area contributed by atoms with Crippen molar-refractivity contribution in [3.8, 4) is 0 Å². The standard InChI is InChI=1S/C16H25NOS/c1-10-8-13(19-7)9-11(2)14(10)15(18)17-12(3)16(4,5)6/h8-9,12H,1-7H3,(H,17,18). The number of thioether (sulfide) groups is 1. The van der Waals surface area contributed by atoms with Crippen molar-refractivity contribution in [3.63, 3.8) is 0 Å². The molecule has 1 N–H and O–H groups in total. The van der Waals surface area contributed by atoms with Crippen LogP contribution in [-0.4, -0.2) is 18.2 Å². The van der Waals surface area contributed by atoms with Crippen LogP contribution in [0.1, 0.15) is 49.2 Å². The van der Waals surface area contributed by atoms with Crippen LogP contribution >= 0.6 is 11.8 Å². The Morgan fingerprint density at radius 2 is 1.68 bits per heavy atom. The van der Waals surface area contributed by atoms with Gasteiger partial charge in [-0.3, -0.25) is 4.79 Å². The smallest absolute Gasteiger partial charge is 0.252 e. The average Bonchev–Trinajstić information content (AvgIpc) is 2.26. The second kappa shape index (κ2) is 6.00. The van der Waals surface area contributed by atoms with E-state index >= 15 is 0 Å². The molecule has 2 nitrogen and oxygen atoms in total. The van der Waals surface area contributed by atoms with E-state index in [1.54, 1.807) is 11.8 Å². The fraction of sp³-hybridized carbons (Fsp3) is 0.562. The number of carbonyl (C=O) groups is 1. The monoisotopic (exact) mass is 279 g/mol. The minimum absolute atomic E-state index is 0.0325. The summed E-state index contributed by atoms with van der Waals surface area (Å²) in [6.45, 7) is 12.5. The molecule has 1 unspecified atom stereocenters. The highest BCUT2D eigenvalue weighted by atomic mass is 32.2. The molecular formula is C16H25NOS. The number of amides is 1. The van der Waals surface area contributed by atoms with Crippen LogP contribution in [0.5, 0.6) is 0 Å². The van der Waals surface area contributed by atoms with Gasteiger partial charge in [-0.15, -0.1) is 11.8 Å².